The molecule has 0 unspecified atom stereocenters. The Balaban J connectivity index is 2.93. The molecule has 15 heavy (non-hydrogen) atoms. The first-order valence-corrected chi connectivity index (χ1v) is 4.82. The molecule has 0 amide bonds. The van der Waals surface area contributed by atoms with Crippen LogP contribution in [0.1, 0.15) is 19.9 Å². The second-order valence-corrected chi connectivity index (χ2v) is 3.73. The summed E-state index contributed by atoms with van der Waals surface area (Å²) in [6.45, 7) is 3.85. The van der Waals surface area contributed by atoms with Gasteiger partial charge in [-0.05, 0) is 26.0 Å². The Morgan fingerprint density at radius 2 is 2.00 bits per heavy atom. The van der Waals surface area contributed by atoms with Gasteiger partial charge in [0.1, 0.15) is 0 Å². The van der Waals surface area contributed by atoms with E-state index in [0.717, 1.165) is 5.52 Å². The number of aromatic nitrogens is 1. The summed E-state index contributed by atoms with van der Waals surface area (Å²) < 4.78 is 1.63. The average Bonchev–Trinajstić information content (AvgIpc) is 2.49. The molecular formula is C11H11N3O. The molecule has 1 heterocycles. The van der Waals surface area contributed by atoms with E-state index in [1.165, 1.54) is 0 Å². The minimum Gasteiger partial charge on any atom is -0.854 e. The summed E-state index contributed by atoms with van der Waals surface area (Å²) in [6.07, 6.45) is 0. The van der Waals surface area contributed by atoms with Crippen LogP contribution in [0.5, 0.6) is 5.88 Å². The molecular weight excluding hydrogens is 190 g/mol. The SMILES string of the molecule is CC(C)n1c([O-])c([N+]#N)c2ccccc21. The smallest absolute Gasteiger partial charge is 0.402 e. The average molecular weight is 201 g/mol. The van der Waals surface area contributed by atoms with Crippen molar-refractivity contribution in [3.63, 3.8) is 0 Å². The Morgan fingerprint density at radius 1 is 1.33 bits per heavy atom. The summed E-state index contributed by atoms with van der Waals surface area (Å²) in [7, 11) is 0. The van der Waals surface area contributed by atoms with Crippen LogP contribution in [0, 0.1) is 5.39 Å². The van der Waals surface area contributed by atoms with Crippen molar-refractivity contribution in [2.45, 2.75) is 19.9 Å². The maximum Gasteiger partial charge on any atom is 0.402 e. The molecule has 0 saturated heterocycles. The monoisotopic (exact) mass is 201 g/mol. The van der Waals surface area contributed by atoms with Crippen LogP contribution < -0.4 is 5.11 Å². The third-order valence-electron chi connectivity index (χ3n) is 2.46. The van der Waals surface area contributed by atoms with E-state index in [9.17, 15) is 5.11 Å². The van der Waals surface area contributed by atoms with E-state index in [4.69, 9.17) is 5.39 Å². The van der Waals surface area contributed by atoms with Gasteiger partial charge < -0.3 is 9.67 Å². The van der Waals surface area contributed by atoms with Crippen LogP contribution in [-0.4, -0.2) is 4.57 Å². The van der Waals surface area contributed by atoms with Crippen LogP contribution in [0.4, 0.5) is 5.69 Å². The molecule has 1 aromatic heterocycles. The third kappa shape index (κ3) is 1.24. The van der Waals surface area contributed by atoms with Gasteiger partial charge in [0.05, 0.1) is 16.8 Å². The number of hydrogen-bond acceptors (Lipinski definition) is 2. The minimum absolute atomic E-state index is 0.0536. The molecule has 0 radical (unpaired) electrons. The predicted molar refractivity (Wildman–Crippen MR) is 56.5 cm³/mol. The number of para-hydroxylation sites is 1. The van der Waals surface area contributed by atoms with E-state index in [0.29, 0.717) is 5.39 Å². The zero-order valence-corrected chi connectivity index (χ0v) is 8.64. The molecule has 0 N–H and O–H groups in total. The quantitative estimate of drug-likeness (QED) is 0.666. The molecule has 0 aliphatic heterocycles. The Morgan fingerprint density at radius 3 is 2.60 bits per heavy atom. The number of rotatable bonds is 1. The number of nitrogens with zero attached hydrogens (tertiary/aromatic N) is 3. The van der Waals surface area contributed by atoms with E-state index in [1.54, 1.807) is 10.6 Å². The molecule has 0 bridgehead atoms. The lowest BCUT2D eigenvalue weighted by molar-refractivity contribution is -0.277. The molecule has 2 rings (SSSR count). The van der Waals surface area contributed by atoms with Gasteiger partial charge in [-0.25, -0.2) is 0 Å². The van der Waals surface area contributed by atoms with Crippen LogP contribution in [0.15, 0.2) is 24.3 Å². The van der Waals surface area contributed by atoms with Crippen LogP contribution in [-0.2, 0) is 0 Å². The standard InChI is InChI=1S/C11H11N3O/c1-7(2)14-9-6-4-3-5-8(9)10(13-12)11(14)15/h3-7H,1-2H3. The zero-order valence-electron chi connectivity index (χ0n) is 8.64. The van der Waals surface area contributed by atoms with Crippen LogP contribution in [0.3, 0.4) is 0 Å². The predicted octanol–water partition coefficient (Wildman–Crippen LogP) is 2.78. The van der Waals surface area contributed by atoms with E-state index >= 15 is 0 Å². The van der Waals surface area contributed by atoms with E-state index in [2.05, 4.69) is 4.98 Å². The van der Waals surface area contributed by atoms with Gasteiger partial charge in [0.25, 0.3) is 0 Å². The van der Waals surface area contributed by atoms with Gasteiger partial charge in [-0.1, -0.05) is 12.1 Å². The molecule has 4 nitrogen and oxygen atoms in total. The zero-order chi connectivity index (χ0) is 11.0. The first kappa shape index (κ1) is 9.53. The molecule has 0 saturated carbocycles. The van der Waals surface area contributed by atoms with Crippen LogP contribution in [0.2, 0.25) is 0 Å². The normalized spacial score (nSPS) is 10.8. The topological polar surface area (TPSA) is 56.1 Å². The van der Waals surface area contributed by atoms with E-state index in [-0.39, 0.29) is 17.6 Å². The van der Waals surface area contributed by atoms with Gasteiger partial charge in [-0.3, -0.25) is 0 Å². The summed E-state index contributed by atoms with van der Waals surface area (Å²) in [4.78, 5) is 3.07. The Hall–Kier alpha value is -2.02. The molecule has 2 aromatic rings. The molecule has 0 aliphatic rings. The fourth-order valence-corrected chi connectivity index (χ4v) is 1.83. The largest absolute Gasteiger partial charge is 0.854 e. The summed E-state index contributed by atoms with van der Waals surface area (Å²) in [6, 6.07) is 7.37. The van der Waals surface area contributed by atoms with Gasteiger partial charge in [0, 0.05) is 6.04 Å². The maximum atomic E-state index is 11.9. The third-order valence-corrected chi connectivity index (χ3v) is 2.46. The molecule has 1 aromatic carbocycles. The lowest BCUT2D eigenvalue weighted by atomic mass is 10.2. The maximum absolute atomic E-state index is 11.9. The molecule has 0 atom stereocenters. The van der Waals surface area contributed by atoms with Crippen molar-refractivity contribution in [3.8, 4) is 5.88 Å². The number of diazo groups is 1. The highest BCUT2D eigenvalue weighted by Crippen LogP contribution is 2.38. The molecule has 0 aliphatic carbocycles. The van der Waals surface area contributed by atoms with Crippen molar-refractivity contribution >= 4 is 16.6 Å². The summed E-state index contributed by atoms with van der Waals surface area (Å²) in [5.74, 6) is -0.242. The highest BCUT2D eigenvalue weighted by atomic mass is 16.3. The molecule has 4 heteroatoms. The van der Waals surface area contributed by atoms with Crippen molar-refractivity contribution in [1.82, 2.24) is 4.57 Å². The summed E-state index contributed by atoms with van der Waals surface area (Å²) >= 11 is 0. The van der Waals surface area contributed by atoms with E-state index < -0.39 is 0 Å². The van der Waals surface area contributed by atoms with Gasteiger partial charge >= 0.3 is 5.69 Å². The Kier molecular flexibility index (Phi) is 2.09. The summed E-state index contributed by atoms with van der Waals surface area (Å²) in [5, 5.41) is 21.4. The van der Waals surface area contributed by atoms with Gasteiger partial charge in [-0.2, -0.15) is 0 Å². The molecule has 76 valence electrons. The highest BCUT2D eigenvalue weighted by molar-refractivity contribution is 5.96. The lowest BCUT2D eigenvalue weighted by Crippen LogP contribution is -2.05. The van der Waals surface area contributed by atoms with Crippen LogP contribution in [0.25, 0.3) is 15.9 Å². The molecule has 0 spiro atoms. The van der Waals surface area contributed by atoms with Crippen molar-refractivity contribution in [2.75, 3.05) is 0 Å². The fourth-order valence-electron chi connectivity index (χ4n) is 1.83. The number of fused-ring (bicyclic) bond motifs is 1. The Labute approximate surface area is 87.4 Å². The second-order valence-electron chi connectivity index (χ2n) is 3.73. The number of benzene rings is 1. The van der Waals surface area contributed by atoms with Crippen LogP contribution >= 0.6 is 0 Å². The highest BCUT2D eigenvalue weighted by Gasteiger charge is 2.21. The van der Waals surface area contributed by atoms with Crippen molar-refractivity contribution in [2.24, 2.45) is 0 Å². The Bertz CT molecular complexity index is 549. The van der Waals surface area contributed by atoms with Crippen molar-refractivity contribution in [3.05, 3.63) is 29.2 Å². The van der Waals surface area contributed by atoms with Crippen molar-refractivity contribution < 1.29 is 5.11 Å². The van der Waals surface area contributed by atoms with E-state index in [1.807, 2.05) is 32.0 Å². The lowest BCUT2D eigenvalue weighted by Gasteiger charge is -2.15. The van der Waals surface area contributed by atoms with Crippen molar-refractivity contribution in [1.29, 1.82) is 5.39 Å². The first-order chi connectivity index (χ1) is 7.16. The van der Waals surface area contributed by atoms with Gasteiger partial charge in [0.15, 0.2) is 4.98 Å². The first-order valence-electron chi connectivity index (χ1n) is 4.82. The minimum atomic E-state index is -0.242. The summed E-state index contributed by atoms with van der Waals surface area (Å²) in [5.41, 5.74) is 0.935. The fraction of sp³-hybridized carbons (Fsp3) is 0.273. The van der Waals surface area contributed by atoms with Gasteiger partial charge in [0.2, 0.25) is 5.39 Å². The van der Waals surface area contributed by atoms with Gasteiger partial charge in [-0.15, -0.1) is 0 Å². The molecule has 0 fully saturated rings. The number of hydrogen-bond donors (Lipinski definition) is 0. The second kappa shape index (κ2) is 3.28.